The van der Waals surface area contributed by atoms with Crippen LogP contribution in [0.25, 0.3) is 12.2 Å². The summed E-state index contributed by atoms with van der Waals surface area (Å²) in [6, 6.07) is 9.36. The molecule has 0 N–H and O–H groups in total. The van der Waals surface area contributed by atoms with Gasteiger partial charge in [0.15, 0.2) is 10.7 Å². The first-order valence-corrected chi connectivity index (χ1v) is 14.5. The summed E-state index contributed by atoms with van der Waals surface area (Å²) in [5.41, 5.74) is 1.14. The molecular formula is C28H29F3N4O4S. The normalized spacial score (nSPS) is 17.6. The van der Waals surface area contributed by atoms with Crippen molar-refractivity contribution in [2.45, 2.75) is 24.7 Å². The number of nitrogens with zero attached hydrogens (tertiary/aromatic N) is 4. The summed E-state index contributed by atoms with van der Waals surface area (Å²) in [5, 5.41) is 3.79. The van der Waals surface area contributed by atoms with E-state index in [0.717, 1.165) is 17.8 Å². The molecule has 0 atom stereocenters. The van der Waals surface area contributed by atoms with E-state index in [4.69, 9.17) is 4.52 Å². The highest BCUT2D eigenvalue weighted by molar-refractivity contribution is 7.89. The van der Waals surface area contributed by atoms with Gasteiger partial charge in [-0.15, -0.1) is 0 Å². The average Bonchev–Trinajstić information content (AvgIpc) is 3.33. The predicted molar refractivity (Wildman–Crippen MR) is 143 cm³/mol. The molecule has 2 aromatic carbocycles. The van der Waals surface area contributed by atoms with Crippen molar-refractivity contribution >= 4 is 33.8 Å². The predicted octanol–water partition coefficient (Wildman–Crippen LogP) is 4.32. The van der Waals surface area contributed by atoms with Gasteiger partial charge in [0.25, 0.3) is 0 Å². The molecule has 2 fully saturated rings. The van der Waals surface area contributed by atoms with E-state index in [-0.39, 0.29) is 52.6 Å². The molecule has 0 bridgehead atoms. The zero-order chi connectivity index (χ0) is 28.4. The maximum atomic E-state index is 14.0. The van der Waals surface area contributed by atoms with Gasteiger partial charge < -0.3 is 14.3 Å². The second-order valence-corrected chi connectivity index (χ2v) is 11.8. The molecule has 0 spiro atoms. The van der Waals surface area contributed by atoms with Gasteiger partial charge in [0.1, 0.15) is 23.1 Å². The average molecular weight is 575 g/mol. The summed E-state index contributed by atoms with van der Waals surface area (Å²) in [4.78, 5) is 17.0. The lowest BCUT2D eigenvalue weighted by Gasteiger charge is -2.39. The molecule has 5 rings (SSSR count). The third-order valence-electron chi connectivity index (χ3n) is 7.39. The molecule has 8 nitrogen and oxygen atoms in total. The van der Waals surface area contributed by atoms with Crippen molar-refractivity contribution in [3.8, 4) is 0 Å². The number of halogens is 3. The number of aromatic nitrogens is 1. The molecule has 0 aliphatic carbocycles. The molecule has 2 aliphatic rings. The van der Waals surface area contributed by atoms with Crippen molar-refractivity contribution in [3.05, 3.63) is 76.9 Å². The molecule has 3 aromatic rings. The minimum Gasteiger partial charge on any atom is -0.368 e. The Hall–Kier alpha value is -3.64. The smallest absolute Gasteiger partial charge is 0.248 e. The number of aryl methyl sites for hydroxylation is 1. The van der Waals surface area contributed by atoms with Crippen LogP contribution >= 0.6 is 0 Å². The number of carbonyl (C=O) groups is 1. The van der Waals surface area contributed by atoms with Crippen molar-refractivity contribution in [3.63, 3.8) is 0 Å². The highest BCUT2D eigenvalue weighted by Gasteiger charge is 2.37. The molecule has 1 amide bonds. The topological polar surface area (TPSA) is 87.0 Å². The quantitative estimate of drug-likeness (QED) is 0.436. The summed E-state index contributed by atoms with van der Waals surface area (Å²) in [7, 11) is -4.00. The maximum Gasteiger partial charge on any atom is 0.248 e. The zero-order valence-electron chi connectivity index (χ0n) is 21.9. The molecule has 2 saturated heterocycles. The minimum absolute atomic E-state index is 0.0157. The van der Waals surface area contributed by atoms with Gasteiger partial charge in [-0.25, -0.2) is 21.6 Å². The van der Waals surface area contributed by atoms with Crippen LogP contribution in [0.3, 0.4) is 0 Å². The summed E-state index contributed by atoms with van der Waals surface area (Å²) >= 11 is 0. The van der Waals surface area contributed by atoms with Crippen LogP contribution in [0.5, 0.6) is 0 Å². The van der Waals surface area contributed by atoms with Crippen molar-refractivity contribution in [1.29, 1.82) is 0 Å². The van der Waals surface area contributed by atoms with Gasteiger partial charge in [-0.1, -0.05) is 5.16 Å². The fourth-order valence-electron chi connectivity index (χ4n) is 5.17. The molecule has 0 radical (unpaired) electrons. The standard InChI is InChI=1S/C28H29F3N4O4S/c1-19-27(26(39-32-19)9-3-20-2-4-23(30)18-25(20)31)40(37,38)35-12-10-21(11-13-35)28(36)34-16-14-33(15-17-34)24-7-5-22(29)6-8-24/h2-9,18,21H,10-17H2,1H3. The number of amides is 1. The molecular weight excluding hydrogens is 545 g/mol. The van der Waals surface area contributed by atoms with Crippen LogP contribution in [0, 0.1) is 30.3 Å². The Kier molecular flexibility index (Phi) is 7.99. The molecule has 212 valence electrons. The van der Waals surface area contributed by atoms with Crippen LogP contribution < -0.4 is 4.90 Å². The third kappa shape index (κ3) is 5.78. The van der Waals surface area contributed by atoms with Gasteiger partial charge in [-0.05, 0) is 68.3 Å². The Labute approximate surface area is 230 Å². The van der Waals surface area contributed by atoms with Crippen LogP contribution in [-0.4, -0.2) is 68.0 Å². The fraction of sp³-hybridized carbons (Fsp3) is 0.357. The second kappa shape index (κ2) is 11.5. The van der Waals surface area contributed by atoms with E-state index in [9.17, 15) is 26.4 Å². The Morgan fingerprint density at radius 3 is 2.23 bits per heavy atom. The molecule has 0 unspecified atom stereocenters. The number of sulfonamides is 1. The van der Waals surface area contributed by atoms with Gasteiger partial charge in [-0.2, -0.15) is 4.31 Å². The second-order valence-electron chi connectivity index (χ2n) is 9.93. The Balaban J connectivity index is 1.20. The van der Waals surface area contributed by atoms with Crippen LogP contribution in [0.2, 0.25) is 0 Å². The molecule has 2 aliphatic heterocycles. The van der Waals surface area contributed by atoms with E-state index >= 15 is 0 Å². The van der Waals surface area contributed by atoms with Crippen LogP contribution in [0.15, 0.2) is 51.9 Å². The molecule has 3 heterocycles. The van der Waals surface area contributed by atoms with Gasteiger partial charge in [-0.3, -0.25) is 4.79 Å². The number of rotatable bonds is 6. The zero-order valence-corrected chi connectivity index (χ0v) is 22.7. The van der Waals surface area contributed by atoms with Crippen LogP contribution in [0.1, 0.15) is 29.9 Å². The van der Waals surface area contributed by atoms with E-state index in [2.05, 4.69) is 10.1 Å². The lowest BCUT2D eigenvalue weighted by atomic mass is 9.96. The number of hydrogen-bond acceptors (Lipinski definition) is 6. The molecule has 0 saturated carbocycles. The van der Waals surface area contributed by atoms with Gasteiger partial charge in [0.2, 0.25) is 15.9 Å². The van der Waals surface area contributed by atoms with Gasteiger partial charge in [0.05, 0.1) is 0 Å². The van der Waals surface area contributed by atoms with E-state index in [1.54, 1.807) is 12.1 Å². The molecule has 40 heavy (non-hydrogen) atoms. The van der Waals surface area contributed by atoms with E-state index < -0.39 is 21.7 Å². The summed E-state index contributed by atoms with van der Waals surface area (Å²) in [5.74, 6) is -2.13. The minimum atomic E-state index is -4.00. The fourth-order valence-corrected chi connectivity index (χ4v) is 6.89. The number of hydrogen-bond donors (Lipinski definition) is 0. The Bertz CT molecular complexity index is 1510. The van der Waals surface area contributed by atoms with Gasteiger partial charge >= 0.3 is 0 Å². The van der Waals surface area contributed by atoms with Gasteiger partial charge in [0, 0.05) is 62.5 Å². The van der Waals surface area contributed by atoms with Crippen LogP contribution in [-0.2, 0) is 14.8 Å². The first kappa shape index (κ1) is 27.9. The highest BCUT2D eigenvalue weighted by Crippen LogP contribution is 2.30. The van der Waals surface area contributed by atoms with E-state index in [0.29, 0.717) is 39.0 Å². The molecule has 1 aromatic heterocycles. The first-order chi connectivity index (χ1) is 19.1. The van der Waals surface area contributed by atoms with Crippen molar-refractivity contribution in [2.75, 3.05) is 44.2 Å². The van der Waals surface area contributed by atoms with Crippen LogP contribution in [0.4, 0.5) is 18.9 Å². The van der Waals surface area contributed by atoms with Crippen molar-refractivity contribution in [2.24, 2.45) is 5.92 Å². The monoisotopic (exact) mass is 574 g/mol. The number of piperidine rings is 1. The van der Waals surface area contributed by atoms with Crippen molar-refractivity contribution in [1.82, 2.24) is 14.4 Å². The largest absolute Gasteiger partial charge is 0.368 e. The Morgan fingerprint density at radius 1 is 0.925 bits per heavy atom. The van der Waals surface area contributed by atoms with Crippen molar-refractivity contribution < 1.29 is 30.9 Å². The van der Waals surface area contributed by atoms with E-state index in [1.165, 1.54) is 41.6 Å². The number of anilines is 1. The number of carbonyl (C=O) groups excluding carboxylic acids is 1. The first-order valence-electron chi connectivity index (χ1n) is 13.0. The maximum absolute atomic E-state index is 14.0. The highest BCUT2D eigenvalue weighted by atomic mass is 32.2. The third-order valence-corrected chi connectivity index (χ3v) is 9.45. The lowest BCUT2D eigenvalue weighted by molar-refractivity contribution is -0.137. The number of benzene rings is 2. The number of piperazine rings is 1. The SMILES string of the molecule is Cc1noc(C=Cc2ccc(F)cc2F)c1S(=O)(=O)N1CCC(C(=O)N2CCN(c3ccc(F)cc3)CC2)CC1. The summed E-state index contributed by atoms with van der Waals surface area (Å²) in [6.07, 6.45) is 3.36. The summed E-state index contributed by atoms with van der Waals surface area (Å²) < 4.78 is 74.0. The van der Waals surface area contributed by atoms with E-state index in [1.807, 2.05) is 4.90 Å². The summed E-state index contributed by atoms with van der Waals surface area (Å²) in [6.45, 7) is 4.18. The molecule has 12 heteroatoms. The lowest BCUT2D eigenvalue weighted by Crippen LogP contribution is -2.52. The Morgan fingerprint density at radius 2 is 1.57 bits per heavy atom.